The summed E-state index contributed by atoms with van der Waals surface area (Å²) >= 11 is 0. The first-order chi connectivity index (χ1) is 14.8. The van der Waals surface area contributed by atoms with Gasteiger partial charge in [0.05, 0.1) is 11.0 Å². The van der Waals surface area contributed by atoms with Gasteiger partial charge in [-0.25, -0.2) is 4.98 Å². The number of anilines is 1. The molecule has 2 aromatic heterocycles. The van der Waals surface area contributed by atoms with Gasteiger partial charge in [-0.15, -0.1) is 0 Å². The number of nitrogens with zero attached hydrogens (tertiary/aromatic N) is 3. The Morgan fingerprint density at radius 1 is 1.23 bits per heavy atom. The highest BCUT2D eigenvalue weighted by Crippen LogP contribution is 2.22. The van der Waals surface area contributed by atoms with E-state index in [1.54, 1.807) is 12.4 Å². The molecule has 0 aliphatic heterocycles. The minimum absolute atomic E-state index is 0.264. The smallest absolute Gasteiger partial charge is 0.132 e. The Balaban J connectivity index is 2.40. The maximum absolute atomic E-state index is 8.62. The number of likely N-dealkylation sites (N-methyl/N-ethyl adjacent to an activating group) is 1. The van der Waals surface area contributed by atoms with E-state index in [2.05, 4.69) is 34.4 Å². The predicted molar refractivity (Wildman–Crippen MR) is 130 cm³/mol. The molecule has 0 saturated carbocycles. The normalized spacial score (nSPS) is 12.9. The van der Waals surface area contributed by atoms with Gasteiger partial charge < -0.3 is 27.0 Å². The number of pyridine rings is 2. The van der Waals surface area contributed by atoms with Crippen LogP contribution >= 0.6 is 0 Å². The van der Waals surface area contributed by atoms with E-state index in [-0.39, 0.29) is 5.92 Å². The second kappa shape index (κ2) is 11.0. The molecule has 31 heavy (non-hydrogen) atoms. The van der Waals surface area contributed by atoms with E-state index in [0.29, 0.717) is 23.0 Å². The molecule has 0 aliphatic rings. The number of hydrogen-bond donors (Lipinski definition) is 5. The van der Waals surface area contributed by atoms with Gasteiger partial charge in [-0.1, -0.05) is 13.8 Å². The average Bonchev–Trinajstić information content (AvgIpc) is 2.75. The summed E-state index contributed by atoms with van der Waals surface area (Å²) < 4.78 is 0. The molecule has 0 amide bonds. The molecule has 0 bridgehead atoms. The molecule has 0 aromatic carbocycles. The lowest BCUT2D eigenvalue weighted by molar-refractivity contribution is 0.467. The summed E-state index contributed by atoms with van der Waals surface area (Å²) in [6.45, 7) is 9.69. The fourth-order valence-electron chi connectivity index (χ4n) is 3.14. The van der Waals surface area contributed by atoms with Gasteiger partial charge in [0.2, 0.25) is 0 Å². The molecular weight excluding hydrogens is 388 g/mol. The van der Waals surface area contributed by atoms with Gasteiger partial charge in [-0.3, -0.25) is 10.4 Å². The molecule has 2 heterocycles. The van der Waals surface area contributed by atoms with E-state index in [4.69, 9.17) is 16.9 Å². The minimum atomic E-state index is 0.264. The number of allylic oxidation sites excluding steroid dienone is 2. The van der Waals surface area contributed by atoms with Crippen LogP contribution in [0.5, 0.6) is 0 Å². The van der Waals surface area contributed by atoms with Crippen LogP contribution in [0, 0.1) is 11.3 Å². The van der Waals surface area contributed by atoms with Crippen molar-refractivity contribution < 1.29 is 0 Å². The third-order valence-corrected chi connectivity index (χ3v) is 4.93. The van der Waals surface area contributed by atoms with Crippen LogP contribution in [0.25, 0.3) is 16.6 Å². The van der Waals surface area contributed by atoms with Gasteiger partial charge in [0.25, 0.3) is 0 Å². The van der Waals surface area contributed by atoms with Crippen molar-refractivity contribution in [2.75, 3.05) is 25.5 Å². The summed E-state index contributed by atoms with van der Waals surface area (Å²) in [7, 11) is 1.82. The highest BCUT2D eigenvalue weighted by atomic mass is 15.2. The third kappa shape index (κ3) is 5.97. The van der Waals surface area contributed by atoms with E-state index in [1.807, 2.05) is 56.3 Å². The zero-order valence-corrected chi connectivity index (χ0v) is 19.0. The molecular formula is C23H34N8. The van der Waals surface area contributed by atoms with Crippen LogP contribution < -0.4 is 22.1 Å². The third-order valence-electron chi connectivity index (χ3n) is 4.93. The minimum Gasteiger partial charge on any atom is -0.404 e. The number of rotatable bonds is 9. The molecule has 0 spiro atoms. The molecule has 7 N–H and O–H groups in total. The van der Waals surface area contributed by atoms with Crippen molar-refractivity contribution in [2.45, 2.75) is 27.7 Å². The van der Waals surface area contributed by atoms with E-state index in [1.165, 1.54) is 0 Å². The fraction of sp³-hybridized carbons (Fsp3) is 0.348. The monoisotopic (exact) mass is 422 g/mol. The number of fused-ring (bicyclic) bond motifs is 1. The first kappa shape index (κ1) is 23.7. The van der Waals surface area contributed by atoms with E-state index in [9.17, 15) is 0 Å². The number of nitrogens with two attached hydrogens (primary N) is 2. The Kier molecular flexibility index (Phi) is 8.43. The SMILES string of the molecule is CCN(CC)C(=N)/C(=C\NC)c1cnc2ccc(N/C(N)=C/C(=C\N)C(C)C)nc2c1. The van der Waals surface area contributed by atoms with Crippen molar-refractivity contribution in [1.82, 2.24) is 20.2 Å². The maximum Gasteiger partial charge on any atom is 0.132 e. The highest BCUT2D eigenvalue weighted by molar-refractivity contribution is 6.21. The Bertz CT molecular complexity index is 1000. The molecule has 2 rings (SSSR count). The van der Waals surface area contributed by atoms with Gasteiger partial charge in [0, 0.05) is 43.7 Å². The average molecular weight is 423 g/mol. The molecule has 8 nitrogen and oxygen atoms in total. The Labute approximate surface area is 184 Å². The molecule has 0 atom stereocenters. The summed E-state index contributed by atoms with van der Waals surface area (Å²) in [6, 6.07) is 5.66. The van der Waals surface area contributed by atoms with Crippen molar-refractivity contribution >= 4 is 28.3 Å². The van der Waals surface area contributed by atoms with Gasteiger partial charge in [0.15, 0.2) is 0 Å². The van der Waals surface area contributed by atoms with Crippen molar-refractivity contribution in [3.8, 4) is 0 Å². The summed E-state index contributed by atoms with van der Waals surface area (Å²) in [4.78, 5) is 11.2. The Morgan fingerprint density at radius 2 is 1.94 bits per heavy atom. The van der Waals surface area contributed by atoms with Crippen LogP contribution in [0.1, 0.15) is 33.3 Å². The molecule has 0 aliphatic carbocycles. The molecule has 0 radical (unpaired) electrons. The van der Waals surface area contributed by atoms with Crippen LogP contribution in [0.4, 0.5) is 5.82 Å². The zero-order valence-electron chi connectivity index (χ0n) is 19.0. The standard InChI is InChI=1S/C23H34N8/c1-6-31(7-2)23(26)18(14-27-5)17-10-20-19(28-13-17)8-9-22(29-20)30-21(25)11-16(12-24)15(3)4/h8-15,26-27H,6-7,24-25H2,1-5H3,(H,29,30)/b16-12+,18-14-,21-11+,26-23?. The lowest BCUT2D eigenvalue weighted by Gasteiger charge is -2.23. The molecule has 166 valence electrons. The van der Waals surface area contributed by atoms with Crippen molar-refractivity contribution in [3.63, 3.8) is 0 Å². The lowest BCUT2D eigenvalue weighted by Crippen LogP contribution is -2.31. The fourth-order valence-corrected chi connectivity index (χ4v) is 3.14. The van der Waals surface area contributed by atoms with Crippen molar-refractivity contribution in [2.24, 2.45) is 17.4 Å². The van der Waals surface area contributed by atoms with Crippen molar-refractivity contribution in [1.29, 1.82) is 5.41 Å². The zero-order chi connectivity index (χ0) is 23.0. The van der Waals surface area contributed by atoms with Crippen LogP contribution in [-0.2, 0) is 0 Å². The van der Waals surface area contributed by atoms with Crippen LogP contribution in [0.2, 0.25) is 0 Å². The van der Waals surface area contributed by atoms with Crippen LogP contribution in [0.15, 0.2) is 54.3 Å². The summed E-state index contributed by atoms with van der Waals surface area (Å²) in [5.41, 5.74) is 15.8. The van der Waals surface area contributed by atoms with Crippen LogP contribution in [-0.4, -0.2) is 40.8 Å². The number of hydrogen-bond acceptors (Lipinski definition) is 7. The summed E-state index contributed by atoms with van der Waals surface area (Å²) in [5, 5.41) is 14.8. The second-order valence-electron chi connectivity index (χ2n) is 7.37. The molecule has 0 unspecified atom stereocenters. The summed E-state index contributed by atoms with van der Waals surface area (Å²) in [6.07, 6.45) is 6.96. The van der Waals surface area contributed by atoms with Gasteiger partial charge in [-0.05, 0) is 55.8 Å². The highest BCUT2D eigenvalue weighted by Gasteiger charge is 2.15. The molecule has 0 saturated heterocycles. The number of aromatic nitrogens is 2. The van der Waals surface area contributed by atoms with E-state index in [0.717, 1.165) is 35.3 Å². The molecule has 2 aromatic rings. The number of amidine groups is 1. The predicted octanol–water partition coefficient (Wildman–Crippen LogP) is 3.22. The van der Waals surface area contributed by atoms with Gasteiger partial charge >= 0.3 is 0 Å². The number of nitrogens with one attached hydrogen (secondary N) is 3. The quantitative estimate of drug-likeness (QED) is 0.238. The van der Waals surface area contributed by atoms with E-state index < -0.39 is 0 Å². The van der Waals surface area contributed by atoms with Crippen LogP contribution in [0.3, 0.4) is 0 Å². The lowest BCUT2D eigenvalue weighted by atomic mass is 10.0. The second-order valence-corrected chi connectivity index (χ2v) is 7.37. The summed E-state index contributed by atoms with van der Waals surface area (Å²) in [5.74, 6) is 1.77. The van der Waals surface area contributed by atoms with E-state index >= 15 is 0 Å². The Hall–Kier alpha value is -3.55. The van der Waals surface area contributed by atoms with Crippen molar-refractivity contribution in [3.05, 3.63) is 59.8 Å². The molecule has 8 heteroatoms. The topological polar surface area (TPSA) is 129 Å². The Morgan fingerprint density at radius 3 is 2.52 bits per heavy atom. The van der Waals surface area contributed by atoms with Gasteiger partial charge in [-0.2, -0.15) is 0 Å². The maximum atomic E-state index is 8.62. The molecule has 0 fully saturated rings. The first-order valence-electron chi connectivity index (χ1n) is 10.5. The first-order valence-corrected chi connectivity index (χ1v) is 10.5. The van der Waals surface area contributed by atoms with Gasteiger partial charge in [0.1, 0.15) is 17.5 Å². The largest absolute Gasteiger partial charge is 0.404 e.